The first kappa shape index (κ1) is 17.1. The van der Waals surface area contributed by atoms with E-state index in [1.807, 2.05) is 19.2 Å². The molecule has 2 heterocycles. The van der Waals surface area contributed by atoms with Gasteiger partial charge in [0.1, 0.15) is 0 Å². The van der Waals surface area contributed by atoms with E-state index >= 15 is 0 Å². The number of rotatable bonds is 3. The van der Waals surface area contributed by atoms with E-state index in [2.05, 4.69) is 47.4 Å². The van der Waals surface area contributed by atoms with Crippen LogP contribution in [0.3, 0.4) is 0 Å². The Bertz CT molecular complexity index is 719. The van der Waals surface area contributed by atoms with E-state index in [9.17, 15) is 0 Å². The molecule has 3 atom stereocenters. The van der Waals surface area contributed by atoms with Crippen molar-refractivity contribution in [1.82, 2.24) is 4.90 Å². The normalized spacial score (nSPS) is 30.0. The molecule has 2 fully saturated rings. The van der Waals surface area contributed by atoms with Gasteiger partial charge in [0.25, 0.3) is 0 Å². The van der Waals surface area contributed by atoms with Gasteiger partial charge in [-0.1, -0.05) is 60.1 Å². The molecule has 132 valence electrons. The van der Waals surface area contributed by atoms with Crippen molar-refractivity contribution in [1.29, 1.82) is 0 Å². The maximum Gasteiger partial charge on any atom is 0.0954 e. The molecule has 0 spiro atoms. The summed E-state index contributed by atoms with van der Waals surface area (Å²) in [5.41, 5.74) is 2.51. The fourth-order valence-corrected chi connectivity index (χ4v) is 5.07. The molecule has 4 rings (SSSR count). The lowest BCUT2D eigenvalue weighted by atomic mass is 9.75. The van der Waals surface area contributed by atoms with Crippen LogP contribution in [0, 0.1) is 0 Å². The van der Waals surface area contributed by atoms with E-state index in [4.69, 9.17) is 16.3 Å². The molecule has 2 aliphatic rings. The van der Waals surface area contributed by atoms with Gasteiger partial charge in [-0.2, -0.15) is 0 Å². The molecule has 0 bridgehead atoms. The highest BCUT2D eigenvalue weighted by atomic mass is 35.5. The van der Waals surface area contributed by atoms with E-state index in [0.29, 0.717) is 12.0 Å². The summed E-state index contributed by atoms with van der Waals surface area (Å²) in [5, 5.41) is 0.915. The summed E-state index contributed by atoms with van der Waals surface area (Å²) < 4.78 is 6.10. The Hall–Kier alpha value is -1.35. The lowest BCUT2D eigenvalue weighted by Crippen LogP contribution is -2.53. The quantitative estimate of drug-likeness (QED) is 0.748. The van der Waals surface area contributed by atoms with Crippen LogP contribution in [0.2, 0.25) is 5.02 Å². The topological polar surface area (TPSA) is 12.5 Å². The number of nitrogens with zero attached hydrogens (tertiary/aromatic N) is 1. The molecule has 0 N–H and O–H groups in total. The van der Waals surface area contributed by atoms with Gasteiger partial charge in [-0.3, -0.25) is 4.90 Å². The number of fused-ring (bicyclic) bond motifs is 1. The van der Waals surface area contributed by atoms with E-state index in [1.165, 1.54) is 24.0 Å². The first-order valence-electron chi connectivity index (χ1n) is 9.31. The highest BCUT2D eigenvalue weighted by Crippen LogP contribution is 2.44. The van der Waals surface area contributed by atoms with Gasteiger partial charge in [0, 0.05) is 31.3 Å². The van der Waals surface area contributed by atoms with Gasteiger partial charge in [0.15, 0.2) is 0 Å². The van der Waals surface area contributed by atoms with E-state index in [1.54, 1.807) is 0 Å². The van der Waals surface area contributed by atoms with Gasteiger partial charge >= 0.3 is 0 Å². The van der Waals surface area contributed by atoms with Crippen molar-refractivity contribution in [3.05, 3.63) is 70.7 Å². The fourth-order valence-electron chi connectivity index (χ4n) is 4.78. The van der Waals surface area contributed by atoms with Crippen LogP contribution in [0.4, 0.5) is 0 Å². The summed E-state index contributed by atoms with van der Waals surface area (Å²) in [6.45, 7) is 2.21. The number of hydrogen-bond donors (Lipinski definition) is 0. The molecule has 2 aromatic rings. The second-order valence-electron chi connectivity index (χ2n) is 7.46. The molecular weight excluding hydrogens is 330 g/mol. The Morgan fingerprint density at radius 2 is 1.80 bits per heavy atom. The standard InChI is InChI=1S/C22H26ClNO/c1-25-22(18-7-3-2-4-8-18)13-14-24-16-17(11-12-19(24)15-22)20-9-5-6-10-21(20)23/h2-10,17,19H,11-16H2,1H3/t17-,19+,22-/m1/s1. The van der Waals surface area contributed by atoms with Gasteiger partial charge in [0.05, 0.1) is 5.60 Å². The van der Waals surface area contributed by atoms with Crippen molar-refractivity contribution in [3.8, 4) is 0 Å². The first-order valence-corrected chi connectivity index (χ1v) is 9.69. The number of benzene rings is 2. The molecule has 0 radical (unpaired) electrons. The van der Waals surface area contributed by atoms with Crippen LogP contribution in [-0.4, -0.2) is 31.1 Å². The van der Waals surface area contributed by atoms with Crippen molar-refractivity contribution < 1.29 is 4.74 Å². The van der Waals surface area contributed by atoms with Crippen LogP contribution in [0.1, 0.15) is 42.7 Å². The maximum atomic E-state index is 6.44. The van der Waals surface area contributed by atoms with Crippen LogP contribution < -0.4 is 0 Å². The van der Waals surface area contributed by atoms with Gasteiger partial charge in [-0.15, -0.1) is 0 Å². The van der Waals surface area contributed by atoms with Crippen molar-refractivity contribution in [3.63, 3.8) is 0 Å². The molecule has 0 saturated carbocycles. The van der Waals surface area contributed by atoms with Crippen LogP contribution in [0.5, 0.6) is 0 Å². The van der Waals surface area contributed by atoms with Gasteiger partial charge in [0.2, 0.25) is 0 Å². The zero-order chi connectivity index (χ0) is 17.3. The molecular formula is C22H26ClNO. The Labute approximate surface area is 155 Å². The fraction of sp³-hybridized carbons (Fsp3) is 0.455. The van der Waals surface area contributed by atoms with E-state index < -0.39 is 0 Å². The first-order chi connectivity index (χ1) is 12.2. The summed E-state index contributed by atoms with van der Waals surface area (Å²) in [6.07, 6.45) is 4.56. The van der Waals surface area contributed by atoms with Crippen molar-refractivity contribution >= 4 is 11.6 Å². The van der Waals surface area contributed by atoms with Gasteiger partial charge in [-0.05, 0) is 48.8 Å². The minimum absolute atomic E-state index is 0.125. The SMILES string of the molecule is CO[C@]1(c2ccccc2)CCN2C[C@H](c3ccccc3Cl)CC[C@H]2C1. The average molecular weight is 356 g/mol. The maximum absolute atomic E-state index is 6.44. The summed E-state index contributed by atoms with van der Waals surface area (Å²) in [5.74, 6) is 0.553. The number of ether oxygens (including phenoxy) is 1. The molecule has 0 aromatic heterocycles. The molecule has 2 aliphatic heterocycles. The Balaban J connectivity index is 1.51. The van der Waals surface area contributed by atoms with Crippen LogP contribution in [0.25, 0.3) is 0 Å². The Morgan fingerprint density at radius 1 is 1.04 bits per heavy atom. The van der Waals surface area contributed by atoms with Crippen molar-refractivity contribution in [2.45, 2.75) is 43.2 Å². The minimum Gasteiger partial charge on any atom is -0.373 e. The average Bonchev–Trinajstić information content (AvgIpc) is 2.68. The third kappa shape index (κ3) is 3.23. The van der Waals surface area contributed by atoms with Gasteiger partial charge in [-0.25, -0.2) is 0 Å². The monoisotopic (exact) mass is 355 g/mol. The zero-order valence-corrected chi connectivity index (χ0v) is 15.6. The Kier molecular flexibility index (Phi) is 4.86. The predicted molar refractivity (Wildman–Crippen MR) is 103 cm³/mol. The minimum atomic E-state index is -0.125. The van der Waals surface area contributed by atoms with Crippen molar-refractivity contribution in [2.24, 2.45) is 0 Å². The highest BCUT2D eigenvalue weighted by Gasteiger charge is 2.43. The van der Waals surface area contributed by atoms with E-state index in [-0.39, 0.29) is 5.60 Å². The third-order valence-corrected chi connectivity index (χ3v) is 6.57. The zero-order valence-electron chi connectivity index (χ0n) is 14.8. The second kappa shape index (κ2) is 7.11. The molecule has 25 heavy (non-hydrogen) atoms. The lowest BCUT2D eigenvalue weighted by molar-refractivity contribution is -0.0913. The molecule has 2 saturated heterocycles. The molecule has 2 nitrogen and oxygen atoms in total. The Morgan fingerprint density at radius 3 is 2.56 bits per heavy atom. The van der Waals surface area contributed by atoms with Gasteiger partial charge < -0.3 is 4.74 Å². The highest BCUT2D eigenvalue weighted by molar-refractivity contribution is 6.31. The number of piperidine rings is 2. The molecule has 0 aliphatic carbocycles. The summed E-state index contributed by atoms with van der Waals surface area (Å²) >= 11 is 6.44. The lowest BCUT2D eigenvalue weighted by Gasteiger charge is -2.50. The molecule has 0 amide bonds. The summed E-state index contributed by atoms with van der Waals surface area (Å²) in [6, 6.07) is 19.7. The summed E-state index contributed by atoms with van der Waals surface area (Å²) in [7, 11) is 1.87. The number of methoxy groups -OCH3 is 1. The van der Waals surface area contributed by atoms with E-state index in [0.717, 1.165) is 31.0 Å². The molecule has 2 aromatic carbocycles. The summed E-state index contributed by atoms with van der Waals surface area (Å²) in [4.78, 5) is 2.66. The predicted octanol–water partition coefficient (Wildman–Crippen LogP) is 5.22. The number of halogens is 1. The smallest absolute Gasteiger partial charge is 0.0954 e. The third-order valence-electron chi connectivity index (χ3n) is 6.22. The molecule has 3 heteroatoms. The second-order valence-corrected chi connectivity index (χ2v) is 7.87. The van der Waals surface area contributed by atoms with Crippen LogP contribution >= 0.6 is 11.6 Å². The van der Waals surface area contributed by atoms with Crippen LogP contribution in [0.15, 0.2) is 54.6 Å². The van der Waals surface area contributed by atoms with Crippen LogP contribution in [-0.2, 0) is 10.3 Å². The molecule has 0 unspecified atom stereocenters. The number of hydrogen-bond acceptors (Lipinski definition) is 2. The van der Waals surface area contributed by atoms with Crippen molar-refractivity contribution in [2.75, 3.05) is 20.2 Å². The largest absolute Gasteiger partial charge is 0.373 e.